The molecule has 5 heterocycles. The molecule has 0 unspecified atom stereocenters. The second-order valence-electron chi connectivity index (χ2n) is 14.0. The number of nitrogens with one attached hydrogen (secondary N) is 2. The molecule has 0 amide bonds. The summed E-state index contributed by atoms with van der Waals surface area (Å²) in [4.78, 5) is 64.8. The van der Waals surface area contributed by atoms with E-state index in [2.05, 4.69) is 9.97 Å². The first-order valence-corrected chi connectivity index (χ1v) is 18.5. The summed E-state index contributed by atoms with van der Waals surface area (Å²) in [7, 11) is 0. The van der Waals surface area contributed by atoms with Crippen LogP contribution in [-0.2, 0) is 20.4 Å². The summed E-state index contributed by atoms with van der Waals surface area (Å²) in [6.07, 6.45) is 7.47. The van der Waals surface area contributed by atoms with Gasteiger partial charge in [0.15, 0.2) is 0 Å². The van der Waals surface area contributed by atoms with Crippen molar-refractivity contribution in [3.05, 3.63) is 166 Å². The second kappa shape index (κ2) is 16.0. The van der Waals surface area contributed by atoms with Gasteiger partial charge in [0, 0.05) is 64.7 Å². The minimum atomic E-state index is -1.06. The summed E-state index contributed by atoms with van der Waals surface area (Å²) in [5, 5.41) is 38.7. The fourth-order valence-electron chi connectivity index (χ4n) is 7.54. The molecule has 2 aliphatic rings. The fourth-order valence-corrected chi connectivity index (χ4v) is 7.54. The average molecular weight is 897 g/mol. The number of fused-ring (bicyclic) bond motifs is 8. The minimum absolute atomic E-state index is 0. The number of carbonyl (C=O) groups is 4. The monoisotopic (exact) mass is 896 g/mol. The number of rotatable bonds is 8. The van der Waals surface area contributed by atoms with Crippen molar-refractivity contribution >= 4 is 70.2 Å². The van der Waals surface area contributed by atoms with Crippen LogP contribution in [0.4, 0.5) is 0 Å². The third kappa shape index (κ3) is 7.47. The second-order valence-corrected chi connectivity index (χ2v) is 14.0. The zero-order valence-electron chi connectivity index (χ0n) is 31.5. The van der Waals surface area contributed by atoms with Gasteiger partial charge in [-0.25, -0.2) is 29.1 Å². The molecule has 0 saturated carbocycles. The number of hydrogen-bond acceptors (Lipinski definition) is 6. The molecular formula is C48H30N4O8Pd. The largest absolute Gasteiger partial charge is 0.478 e. The number of aromatic carboxylic acids is 4. The van der Waals surface area contributed by atoms with Crippen molar-refractivity contribution in [2.24, 2.45) is 0 Å². The Labute approximate surface area is 359 Å². The van der Waals surface area contributed by atoms with Crippen LogP contribution in [-0.4, -0.2) is 64.2 Å². The molecule has 8 bridgehead atoms. The van der Waals surface area contributed by atoms with Crippen LogP contribution in [0.3, 0.4) is 0 Å². The number of carboxylic acid groups (broad SMARTS) is 4. The Bertz CT molecular complexity index is 2760. The maximum absolute atomic E-state index is 11.8. The minimum Gasteiger partial charge on any atom is -0.478 e. The van der Waals surface area contributed by atoms with E-state index in [4.69, 9.17) is 9.97 Å². The van der Waals surface area contributed by atoms with Crippen molar-refractivity contribution in [2.75, 3.05) is 0 Å². The summed E-state index contributed by atoms with van der Waals surface area (Å²) in [6, 6.07) is 33.6. The van der Waals surface area contributed by atoms with Gasteiger partial charge in [-0.3, -0.25) is 0 Å². The normalized spacial score (nSPS) is 11.5. The molecule has 4 aromatic carbocycles. The van der Waals surface area contributed by atoms with Gasteiger partial charge in [0.2, 0.25) is 0 Å². The smallest absolute Gasteiger partial charge is 0.335 e. The molecule has 0 aliphatic carbocycles. The van der Waals surface area contributed by atoms with Gasteiger partial charge < -0.3 is 30.4 Å². The number of carboxylic acids is 4. The van der Waals surface area contributed by atoms with Crippen molar-refractivity contribution in [2.45, 2.75) is 0 Å². The number of benzene rings is 4. The Balaban J connectivity index is 0.00000514. The number of aromatic nitrogens is 4. The van der Waals surface area contributed by atoms with Gasteiger partial charge in [-0.05, 0) is 119 Å². The maximum atomic E-state index is 11.8. The van der Waals surface area contributed by atoms with Crippen molar-refractivity contribution in [3.63, 3.8) is 0 Å². The van der Waals surface area contributed by atoms with Crippen LogP contribution in [0.5, 0.6) is 0 Å². The SMILES string of the molecule is O=C(O)c1ccc(-c2c3nc(c(-c4ccc(C(=O)O)cc4)c4ccc([nH]4)c(-c4ccc(C(=O)O)cc4)c4nc(c(-c5ccc(C(=O)O)cc5)c5ccc2[nH]5)C=C4)C=C3)cc1.[Pd]. The number of hydrogen-bond donors (Lipinski definition) is 6. The molecule has 3 aromatic heterocycles. The Hall–Kier alpha value is -7.98. The molecular weight excluding hydrogens is 867 g/mol. The fraction of sp³-hybridized carbons (Fsp3) is 0. The van der Waals surface area contributed by atoms with Crippen LogP contribution in [0.15, 0.2) is 121 Å². The molecule has 6 N–H and O–H groups in total. The molecule has 0 fully saturated rings. The van der Waals surface area contributed by atoms with E-state index in [1.807, 2.05) is 48.6 Å². The summed E-state index contributed by atoms with van der Waals surface area (Å²) in [5.74, 6) is -4.25. The van der Waals surface area contributed by atoms with Crippen LogP contribution < -0.4 is 0 Å². The number of aromatic amines is 2. The molecule has 2 aliphatic heterocycles. The average Bonchev–Trinajstić information content (AvgIpc) is 4.10. The molecule has 12 nitrogen and oxygen atoms in total. The van der Waals surface area contributed by atoms with E-state index in [-0.39, 0.29) is 42.7 Å². The van der Waals surface area contributed by atoms with E-state index in [1.165, 1.54) is 48.5 Å². The van der Waals surface area contributed by atoms with Crippen LogP contribution in [0, 0.1) is 0 Å². The van der Waals surface area contributed by atoms with Crippen LogP contribution >= 0.6 is 0 Å². The Kier molecular flexibility index (Phi) is 10.4. The van der Waals surface area contributed by atoms with Gasteiger partial charge in [0.25, 0.3) is 0 Å². The van der Waals surface area contributed by atoms with Crippen molar-refractivity contribution in [1.82, 2.24) is 19.9 Å². The quantitative estimate of drug-likeness (QED) is 0.0796. The van der Waals surface area contributed by atoms with Crippen molar-refractivity contribution in [3.8, 4) is 44.5 Å². The summed E-state index contributed by atoms with van der Waals surface area (Å²) in [5.41, 5.74) is 10.7. The first-order valence-electron chi connectivity index (χ1n) is 18.5. The molecule has 0 radical (unpaired) electrons. The molecule has 7 aromatic rings. The molecule has 9 rings (SSSR count). The predicted octanol–water partition coefficient (Wildman–Crippen LogP) is 10.1. The topological polar surface area (TPSA) is 207 Å². The third-order valence-electron chi connectivity index (χ3n) is 10.4. The first kappa shape index (κ1) is 39.8. The Morgan fingerprint density at radius 2 is 0.525 bits per heavy atom. The van der Waals surface area contributed by atoms with Gasteiger partial charge in [0.1, 0.15) is 0 Å². The van der Waals surface area contributed by atoms with Crippen LogP contribution in [0.2, 0.25) is 0 Å². The Morgan fingerprint density at radius 1 is 0.328 bits per heavy atom. The van der Waals surface area contributed by atoms with Gasteiger partial charge in [-0.15, -0.1) is 0 Å². The molecule has 61 heavy (non-hydrogen) atoms. The number of nitrogens with zero attached hydrogens (tertiary/aromatic N) is 2. The maximum Gasteiger partial charge on any atom is 0.335 e. The van der Waals surface area contributed by atoms with E-state index >= 15 is 0 Å². The zero-order valence-corrected chi connectivity index (χ0v) is 33.0. The van der Waals surface area contributed by atoms with E-state index in [0.717, 1.165) is 0 Å². The van der Waals surface area contributed by atoms with Gasteiger partial charge >= 0.3 is 23.9 Å². The molecule has 300 valence electrons. The third-order valence-corrected chi connectivity index (χ3v) is 10.4. The number of H-pyrrole nitrogens is 2. The van der Waals surface area contributed by atoms with Crippen molar-refractivity contribution in [1.29, 1.82) is 0 Å². The predicted molar refractivity (Wildman–Crippen MR) is 228 cm³/mol. The van der Waals surface area contributed by atoms with Gasteiger partial charge in [-0.2, -0.15) is 0 Å². The summed E-state index contributed by atoms with van der Waals surface area (Å²) < 4.78 is 0. The van der Waals surface area contributed by atoms with Gasteiger partial charge in [0.05, 0.1) is 45.0 Å². The first-order chi connectivity index (χ1) is 29.0. The summed E-state index contributed by atoms with van der Waals surface area (Å²) >= 11 is 0. The standard InChI is InChI=1S/C48H30N4O8.Pd/c53-45(54)29-9-1-25(2-10-29)41-33-17-19-35(49-33)42(26-3-11-30(12-4-26)46(55)56)37-21-23-39(51-37)44(28-7-15-32(16-8-28)48(59)60)40-24-22-38(52-40)43(36-20-18-34(41)50-36)27-5-13-31(14-6-27)47(57)58;/h1-24,49,52H,(H,53,54)(H,55,56)(H,57,58)(H,59,60);. The van der Waals surface area contributed by atoms with Crippen molar-refractivity contribution < 1.29 is 60.0 Å². The molecule has 0 spiro atoms. The van der Waals surface area contributed by atoms with Crippen LogP contribution in [0.1, 0.15) is 64.2 Å². The molecule has 0 atom stereocenters. The van der Waals surface area contributed by atoms with Crippen LogP contribution in [0.25, 0.3) is 90.9 Å². The molecule has 13 heteroatoms. The van der Waals surface area contributed by atoms with E-state index < -0.39 is 23.9 Å². The zero-order chi connectivity index (χ0) is 41.7. The van der Waals surface area contributed by atoms with E-state index in [1.54, 1.807) is 48.5 Å². The summed E-state index contributed by atoms with van der Waals surface area (Å²) in [6.45, 7) is 0. The van der Waals surface area contributed by atoms with E-state index in [9.17, 15) is 39.6 Å². The van der Waals surface area contributed by atoms with E-state index in [0.29, 0.717) is 89.4 Å². The van der Waals surface area contributed by atoms with Gasteiger partial charge in [-0.1, -0.05) is 48.5 Å². The Morgan fingerprint density at radius 3 is 0.705 bits per heavy atom. The molecule has 0 saturated heterocycles.